The van der Waals surface area contributed by atoms with Crippen LogP contribution in [0.1, 0.15) is 39.2 Å². The van der Waals surface area contributed by atoms with Crippen LogP contribution in [0, 0.1) is 5.82 Å². The molecule has 0 saturated carbocycles. The molecular weight excluding hydrogens is 473 g/mol. The zero-order chi connectivity index (χ0) is 25.0. The van der Waals surface area contributed by atoms with E-state index in [0.29, 0.717) is 36.9 Å². The number of hydrogen-bond acceptors (Lipinski definition) is 8. The first kappa shape index (κ1) is 25.2. The quantitative estimate of drug-likeness (QED) is 0.426. The third-order valence-corrected chi connectivity index (χ3v) is 7.82. The molecule has 0 spiro atoms. The largest absolute Gasteiger partial charge is 0.491 e. The Balaban J connectivity index is 1.37. The minimum Gasteiger partial charge on any atom is -0.491 e. The van der Waals surface area contributed by atoms with E-state index in [1.165, 1.54) is 0 Å². The van der Waals surface area contributed by atoms with Gasteiger partial charge >= 0.3 is 0 Å². The van der Waals surface area contributed by atoms with Crippen LogP contribution >= 0.6 is 0 Å². The van der Waals surface area contributed by atoms with Crippen LogP contribution in [-0.4, -0.2) is 56.4 Å². The molecule has 35 heavy (non-hydrogen) atoms. The van der Waals surface area contributed by atoms with Gasteiger partial charge in [-0.15, -0.1) is 0 Å². The first-order valence-electron chi connectivity index (χ1n) is 12.0. The number of benzene rings is 2. The van der Waals surface area contributed by atoms with Gasteiger partial charge in [0.05, 0.1) is 23.9 Å². The fraction of sp³-hybridized carbons (Fsp3) is 0.480. The molecule has 0 atom stereocenters. The first-order chi connectivity index (χ1) is 16.8. The molecule has 1 aliphatic heterocycles. The average molecular weight is 506 g/mol. The van der Waals surface area contributed by atoms with Crippen molar-refractivity contribution in [2.24, 2.45) is 0 Å². The number of nitrogens with zero attached hydrogens (tertiary/aromatic N) is 2. The maximum absolute atomic E-state index is 14.5. The van der Waals surface area contributed by atoms with Gasteiger partial charge in [-0.1, -0.05) is 6.92 Å². The number of halogens is 1. The lowest BCUT2D eigenvalue weighted by Crippen LogP contribution is -2.38. The van der Waals surface area contributed by atoms with Crippen molar-refractivity contribution in [1.82, 2.24) is 9.88 Å². The standard InChI is InChI=1S/C25H32FN3O5S/c1-4-32-22-13-17(14-23(24(22)26)33-5-2)16-29-11-9-18(10-12-29)27-25-28-20-15-19(35(30,31)6-3)7-8-21(20)34-25/h7-8,13-15,18H,4-6,9-12,16H2,1-3H3,(H,27,28). The Hall–Kier alpha value is -2.85. The zero-order valence-electron chi connectivity index (χ0n) is 20.3. The summed E-state index contributed by atoms with van der Waals surface area (Å²) in [5.74, 6) is 0.0162. The molecule has 8 nitrogen and oxygen atoms in total. The number of aromatic nitrogens is 1. The zero-order valence-corrected chi connectivity index (χ0v) is 21.2. The second kappa shape index (κ2) is 10.8. The highest BCUT2D eigenvalue weighted by molar-refractivity contribution is 7.91. The molecule has 0 unspecified atom stereocenters. The predicted molar refractivity (Wildman–Crippen MR) is 132 cm³/mol. The summed E-state index contributed by atoms with van der Waals surface area (Å²) >= 11 is 0. The van der Waals surface area contributed by atoms with E-state index in [2.05, 4.69) is 15.2 Å². The van der Waals surface area contributed by atoms with E-state index in [9.17, 15) is 12.8 Å². The highest BCUT2D eigenvalue weighted by atomic mass is 32.2. The Bertz CT molecular complexity index is 1240. The highest BCUT2D eigenvalue weighted by Gasteiger charge is 2.22. The molecule has 190 valence electrons. The number of hydrogen-bond donors (Lipinski definition) is 1. The SMILES string of the molecule is CCOc1cc(CN2CCC(Nc3nc4cc(S(=O)(=O)CC)ccc4o3)CC2)cc(OCC)c1F. The normalized spacial score (nSPS) is 15.4. The van der Waals surface area contributed by atoms with Crippen molar-refractivity contribution >= 4 is 27.0 Å². The molecule has 2 heterocycles. The van der Waals surface area contributed by atoms with Crippen LogP contribution < -0.4 is 14.8 Å². The van der Waals surface area contributed by atoms with Gasteiger partial charge in [0.25, 0.3) is 6.01 Å². The maximum atomic E-state index is 14.5. The van der Waals surface area contributed by atoms with Crippen molar-refractivity contribution < 1.29 is 26.7 Å². The molecule has 0 aliphatic carbocycles. The number of piperidine rings is 1. The fourth-order valence-corrected chi connectivity index (χ4v) is 5.14. The molecule has 0 bridgehead atoms. The number of nitrogens with one attached hydrogen (secondary N) is 1. The van der Waals surface area contributed by atoms with Gasteiger partial charge in [-0.2, -0.15) is 9.37 Å². The Morgan fingerprint density at radius 2 is 1.74 bits per heavy atom. The summed E-state index contributed by atoms with van der Waals surface area (Å²) in [5.41, 5.74) is 2.01. The molecule has 3 aromatic rings. The molecule has 4 rings (SSSR count). The fourth-order valence-electron chi connectivity index (χ4n) is 4.24. The molecule has 1 aliphatic rings. The number of rotatable bonds is 10. The monoisotopic (exact) mass is 505 g/mol. The first-order valence-corrected chi connectivity index (χ1v) is 13.7. The summed E-state index contributed by atoms with van der Waals surface area (Å²) in [4.78, 5) is 7.01. The topological polar surface area (TPSA) is 93.9 Å². The van der Waals surface area contributed by atoms with E-state index < -0.39 is 15.7 Å². The number of sulfone groups is 1. The lowest BCUT2D eigenvalue weighted by atomic mass is 10.0. The molecule has 1 N–H and O–H groups in total. The lowest BCUT2D eigenvalue weighted by Gasteiger charge is -2.32. The van der Waals surface area contributed by atoms with Crippen molar-refractivity contribution in [1.29, 1.82) is 0 Å². The van der Waals surface area contributed by atoms with Crippen LogP contribution in [0.15, 0.2) is 39.6 Å². The van der Waals surface area contributed by atoms with Gasteiger partial charge in [0, 0.05) is 25.7 Å². The minimum atomic E-state index is -3.30. The Morgan fingerprint density at radius 3 is 2.34 bits per heavy atom. The van der Waals surface area contributed by atoms with Gasteiger partial charge in [-0.3, -0.25) is 4.90 Å². The summed E-state index contributed by atoms with van der Waals surface area (Å²) in [6.45, 7) is 8.41. The van der Waals surface area contributed by atoms with Crippen LogP contribution in [0.2, 0.25) is 0 Å². The number of fused-ring (bicyclic) bond motifs is 1. The van der Waals surface area contributed by atoms with Crippen LogP contribution in [0.25, 0.3) is 11.1 Å². The Kier molecular flexibility index (Phi) is 7.81. The summed E-state index contributed by atoms with van der Waals surface area (Å²) < 4.78 is 55.5. The second-order valence-corrected chi connectivity index (χ2v) is 10.8. The maximum Gasteiger partial charge on any atom is 0.295 e. The van der Waals surface area contributed by atoms with Crippen LogP contribution in [0.3, 0.4) is 0 Å². The van der Waals surface area contributed by atoms with Gasteiger partial charge in [0.2, 0.25) is 5.82 Å². The van der Waals surface area contributed by atoms with Gasteiger partial charge in [-0.25, -0.2) is 8.42 Å². The predicted octanol–water partition coefficient (Wildman–Crippen LogP) is 4.63. The van der Waals surface area contributed by atoms with E-state index >= 15 is 0 Å². The van der Waals surface area contributed by atoms with E-state index in [1.54, 1.807) is 37.3 Å². The summed E-state index contributed by atoms with van der Waals surface area (Å²) in [5, 5.41) is 3.34. The van der Waals surface area contributed by atoms with E-state index in [4.69, 9.17) is 13.9 Å². The molecule has 1 fully saturated rings. The summed E-state index contributed by atoms with van der Waals surface area (Å²) in [6, 6.07) is 8.83. The van der Waals surface area contributed by atoms with E-state index in [-0.39, 0.29) is 28.2 Å². The molecule has 2 aromatic carbocycles. The lowest BCUT2D eigenvalue weighted by molar-refractivity contribution is 0.209. The highest BCUT2D eigenvalue weighted by Crippen LogP contribution is 2.30. The van der Waals surface area contributed by atoms with Gasteiger partial charge < -0.3 is 19.2 Å². The average Bonchev–Trinajstić information content (AvgIpc) is 3.25. The molecule has 10 heteroatoms. The smallest absolute Gasteiger partial charge is 0.295 e. The Labute approximate surface area is 205 Å². The van der Waals surface area contributed by atoms with Crippen LogP contribution in [-0.2, 0) is 16.4 Å². The van der Waals surface area contributed by atoms with Crippen LogP contribution in [0.5, 0.6) is 11.5 Å². The van der Waals surface area contributed by atoms with Crippen molar-refractivity contribution in [2.45, 2.75) is 51.1 Å². The molecule has 1 saturated heterocycles. The molecule has 1 aromatic heterocycles. The molecule has 0 radical (unpaired) electrons. The van der Waals surface area contributed by atoms with Gasteiger partial charge in [-0.05, 0) is 62.6 Å². The van der Waals surface area contributed by atoms with Crippen molar-refractivity contribution in [2.75, 3.05) is 37.4 Å². The Morgan fingerprint density at radius 1 is 1.09 bits per heavy atom. The van der Waals surface area contributed by atoms with Crippen molar-refractivity contribution in [3.8, 4) is 11.5 Å². The summed E-state index contributed by atoms with van der Waals surface area (Å²) in [7, 11) is -3.30. The van der Waals surface area contributed by atoms with Gasteiger partial charge in [0.1, 0.15) is 5.52 Å². The summed E-state index contributed by atoms with van der Waals surface area (Å²) in [6.07, 6.45) is 1.76. The van der Waals surface area contributed by atoms with Gasteiger partial charge in [0.15, 0.2) is 26.9 Å². The number of likely N-dealkylation sites (tertiary alicyclic amines) is 1. The second-order valence-electron chi connectivity index (χ2n) is 8.52. The molecule has 0 amide bonds. The van der Waals surface area contributed by atoms with Crippen LogP contribution in [0.4, 0.5) is 10.4 Å². The third-order valence-electron chi connectivity index (χ3n) is 6.08. The third kappa shape index (κ3) is 5.87. The van der Waals surface area contributed by atoms with Crippen molar-refractivity contribution in [3.63, 3.8) is 0 Å². The van der Waals surface area contributed by atoms with E-state index in [1.807, 2.05) is 13.8 Å². The van der Waals surface area contributed by atoms with Crippen molar-refractivity contribution in [3.05, 3.63) is 41.7 Å². The number of oxazole rings is 1. The molecular formula is C25H32FN3O5S. The minimum absolute atomic E-state index is 0.0395. The number of ether oxygens (including phenoxy) is 2. The number of anilines is 1. The van der Waals surface area contributed by atoms with E-state index in [0.717, 1.165) is 31.5 Å².